The van der Waals surface area contributed by atoms with Gasteiger partial charge in [-0.3, -0.25) is 15.5 Å². The molecule has 0 spiro atoms. The van der Waals surface area contributed by atoms with E-state index in [1.807, 2.05) is 0 Å². The minimum atomic E-state index is -0.107. The zero-order valence-electron chi connectivity index (χ0n) is 5.24. The highest BCUT2D eigenvalue weighted by Crippen LogP contribution is 2.03. The molecule has 0 saturated carbocycles. The molecular weight excluding hydrogens is 130 g/mol. The molecule has 3 nitrogen and oxygen atoms in total. The summed E-state index contributed by atoms with van der Waals surface area (Å²) in [6.45, 7) is 0. The van der Waals surface area contributed by atoms with Crippen LogP contribution in [0.3, 0.4) is 0 Å². The topological polar surface area (TPSA) is 49.3 Å². The molecule has 0 bridgehead atoms. The van der Waals surface area contributed by atoms with Crippen molar-refractivity contribution in [3.8, 4) is 0 Å². The summed E-state index contributed by atoms with van der Waals surface area (Å²) in [6, 6.07) is 0. The minimum absolute atomic E-state index is 0.107. The fraction of sp³-hybridized carbons (Fsp3) is 0. The van der Waals surface area contributed by atoms with Crippen LogP contribution < -0.4 is 5.48 Å². The van der Waals surface area contributed by atoms with E-state index in [-0.39, 0.29) is 5.78 Å². The molecule has 0 radical (unpaired) electrons. The largest absolute Gasteiger partial charge is 0.292 e. The molecule has 2 N–H and O–H groups in total. The number of hydrogen-bond acceptors (Lipinski definition) is 3. The lowest BCUT2D eigenvalue weighted by atomic mass is 10.1. The molecule has 0 heterocycles. The van der Waals surface area contributed by atoms with Crippen molar-refractivity contribution in [2.75, 3.05) is 0 Å². The van der Waals surface area contributed by atoms with Gasteiger partial charge in [-0.15, -0.1) is 0 Å². The molecule has 3 heteroatoms. The predicted octanol–water partition coefficient (Wildman–Crippen LogP) is 0.544. The summed E-state index contributed by atoms with van der Waals surface area (Å²) in [7, 11) is 0. The first-order valence-electron chi connectivity index (χ1n) is 2.83. The molecule has 0 aromatic carbocycles. The van der Waals surface area contributed by atoms with Crippen LogP contribution in [0.4, 0.5) is 0 Å². The number of hydrogen-bond donors (Lipinski definition) is 2. The quantitative estimate of drug-likeness (QED) is 0.409. The van der Waals surface area contributed by atoms with Crippen LogP contribution in [0.2, 0.25) is 0 Å². The maximum Gasteiger partial charge on any atom is 0.187 e. The highest BCUT2D eigenvalue weighted by Gasteiger charge is 2.03. The van der Waals surface area contributed by atoms with E-state index in [9.17, 15) is 4.79 Å². The third kappa shape index (κ3) is 1.33. The van der Waals surface area contributed by atoms with Gasteiger partial charge >= 0.3 is 0 Å². The predicted molar refractivity (Wildman–Crippen MR) is 36.3 cm³/mol. The number of hydroxylamine groups is 1. The maximum atomic E-state index is 10.8. The highest BCUT2D eigenvalue weighted by atomic mass is 16.5. The van der Waals surface area contributed by atoms with E-state index in [4.69, 9.17) is 5.21 Å². The van der Waals surface area contributed by atoms with Crippen molar-refractivity contribution in [2.45, 2.75) is 0 Å². The molecule has 1 rings (SSSR count). The van der Waals surface area contributed by atoms with E-state index < -0.39 is 0 Å². The van der Waals surface area contributed by atoms with E-state index >= 15 is 0 Å². The van der Waals surface area contributed by atoms with Gasteiger partial charge in [0.25, 0.3) is 0 Å². The monoisotopic (exact) mass is 137 g/mol. The van der Waals surface area contributed by atoms with Gasteiger partial charge < -0.3 is 0 Å². The van der Waals surface area contributed by atoms with Crippen LogP contribution in [-0.2, 0) is 4.79 Å². The number of nitrogens with one attached hydrogen (secondary N) is 1. The van der Waals surface area contributed by atoms with Crippen LogP contribution in [-0.4, -0.2) is 11.0 Å². The van der Waals surface area contributed by atoms with Crippen molar-refractivity contribution in [3.63, 3.8) is 0 Å². The molecule has 10 heavy (non-hydrogen) atoms. The number of allylic oxidation sites excluding steroid dienone is 5. The number of carbonyl (C=O) groups excluding carboxylic acids is 1. The highest BCUT2D eigenvalue weighted by molar-refractivity contribution is 6.07. The first-order chi connectivity index (χ1) is 4.84. The fourth-order valence-electron chi connectivity index (χ4n) is 0.669. The van der Waals surface area contributed by atoms with Gasteiger partial charge in [-0.05, 0) is 12.2 Å². The summed E-state index contributed by atoms with van der Waals surface area (Å²) in [4.78, 5) is 10.8. The average molecular weight is 137 g/mol. The van der Waals surface area contributed by atoms with Crippen LogP contribution in [0, 0.1) is 0 Å². The van der Waals surface area contributed by atoms with Gasteiger partial charge in [-0.25, -0.2) is 0 Å². The SMILES string of the molecule is O=C1C=CC=C/C1=C/NO. The second-order valence-corrected chi connectivity index (χ2v) is 1.81. The van der Waals surface area contributed by atoms with Crippen molar-refractivity contribution in [2.24, 2.45) is 0 Å². The van der Waals surface area contributed by atoms with Crippen LogP contribution in [0.15, 0.2) is 36.1 Å². The Kier molecular flexibility index (Phi) is 2.02. The normalized spacial score (nSPS) is 20.1. The van der Waals surface area contributed by atoms with Gasteiger partial charge in [0, 0.05) is 11.8 Å². The third-order valence-electron chi connectivity index (χ3n) is 1.14. The van der Waals surface area contributed by atoms with Crippen LogP contribution >= 0.6 is 0 Å². The standard InChI is InChI=1S/C7H7NO2/c9-7-4-2-1-3-6(7)5-8-10/h1-5,8,10H/b6-5-. The lowest BCUT2D eigenvalue weighted by molar-refractivity contribution is -0.111. The Morgan fingerprint density at radius 2 is 2.10 bits per heavy atom. The minimum Gasteiger partial charge on any atom is -0.292 e. The van der Waals surface area contributed by atoms with Gasteiger partial charge in [0.1, 0.15) is 0 Å². The Labute approximate surface area is 58.3 Å². The molecule has 0 atom stereocenters. The zero-order valence-corrected chi connectivity index (χ0v) is 5.24. The molecule has 0 aliphatic heterocycles. The Morgan fingerprint density at radius 1 is 1.40 bits per heavy atom. The summed E-state index contributed by atoms with van der Waals surface area (Å²) in [5, 5.41) is 8.20. The van der Waals surface area contributed by atoms with Crippen LogP contribution in [0.25, 0.3) is 0 Å². The van der Waals surface area contributed by atoms with Crippen LogP contribution in [0.1, 0.15) is 0 Å². The number of carbonyl (C=O) groups is 1. The van der Waals surface area contributed by atoms with Crippen molar-refractivity contribution in [1.29, 1.82) is 0 Å². The molecule has 0 aromatic rings. The lowest BCUT2D eigenvalue weighted by Crippen LogP contribution is -2.04. The summed E-state index contributed by atoms with van der Waals surface area (Å²) >= 11 is 0. The molecule has 1 aliphatic rings. The van der Waals surface area contributed by atoms with Gasteiger partial charge in [0.2, 0.25) is 0 Å². The summed E-state index contributed by atoms with van der Waals surface area (Å²) in [5.41, 5.74) is 2.25. The zero-order chi connectivity index (χ0) is 7.40. The molecule has 0 saturated heterocycles. The lowest BCUT2D eigenvalue weighted by Gasteiger charge is -1.98. The van der Waals surface area contributed by atoms with Crippen molar-refractivity contribution < 1.29 is 10.0 Å². The van der Waals surface area contributed by atoms with E-state index in [0.29, 0.717) is 5.57 Å². The van der Waals surface area contributed by atoms with Gasteiger partial charge in [-0.2, -0.15) is 0 Å². The van der Waals surface area contributed by atoms with E-state index in [1.165, 1.54) is 12.3 Å². The van der Waals surface area contributed by atoms with Crippen molar-refractivity contribution >= 4 is 5.78 Å². The maximum absolute atomic E-state index is 10.8. The summed E-state index contributed by atoms with van der Waals surface area (Å²) in [6.07, 6.45) is 7.67. The average Bonchev–Trinajstić information content (AvgIpc) is 1.94. The molecule has 1 aliphatic carbocycles. The van der Waals surface area contributed by atoms with E-state index in [2.05, 4.69) is 0 Å². The summed E-state index contributed by atoms with van der Waals surface area (Å²) in [5.74, 6) is -0.107. The Balaban J connectivity index is 2.80. The number of rotatable bonds is 1. The smallest absolute Gasteiger partial charge is 0.187 e. The molecule has 0 fully saturated rings. The second-order valence-electron chi connectivity index (χ2n) is 1.81. The third-order valence-corrected chi connectivity index (χ3v) is 1.14. The first-order valence-corrected chi connectivity index (χ1v) is 2.83. The second kappa shape index (κ2) is 2.98. The van der Waals surface area contributed by atoms with Crippen molar-refractivity contribution in [3.05, 3.63) is 36.1 Å². The Bertz CT molecular complexity index is 226. The summed E-state index contributed by atoms with van der Waals surface area (Å²) < 4.78 is 0. The molecule has 0 unspecified atom stereocenters. The molecular formula is C7H7NO2. The van der Waals surface area contributed by atoms with Gasteiger partial charge in [0.15, 0.2) is 5.78 Å². The Hall–Kier alpha value is -1.35. The molecule has 0 aromatic heterocycles. The van der Waals surface area contributed by atoms with Gasteiger partial charge in [-0.1, -0.05) is 12.2 Å². The molecule has 0 amide bonds. The first kappa shape index (κ1) is 6.77. The number of ketones is 1. The van der Waals surface area contributed by atoms with Crippen molar-refractivity contribution in [1.82, 2.24) is 5.48 Å². The fourth-order valence-corrected chi connectivity index (χ4v) is 0.669. The Morgan fingerprint density at radius 3 is 2.70 bits per heavy atom. The van der Waals surface area contributed by atoms with E-state index in [1.54, 1.807) is 23.7 Å². The molecule has 52 valence electrons. The van der Waals surface area contributed by atoms with Crippen LogP contribution in [0.5, 0.6) is 0 Å². The van der Waals surface area contributed by atoms with Gasteiger partial charge in [0.05, 0.1) is 0 Å². The van der Waals surface area contributed by atoms with E-state index in [0.717, 1.165) is 0 Å².